The van der Waals surface area contributed by atoms with Crippen molar-refractivity contribution < 1.29 is 43.6 Å². The van der Waals surface area contributed by atoms with Crippen LogP contribution in [-0.2, 0) is 26.5 Å². The minimum Gasteiger partial charge on any atom is -0.509 e. The summed E-state index contributed by atoms with van der Waals surface area (Å²) in [5.74, 6) is 1.42. The van der Waals surface area contributed by atoms with E-state index in [4.69, 9.17) is 22.1 Å². The number of quaternary nitrogens is 2. The van der Waals surface area contributed by atoms with Gasteiger partial charge in [0.2, 0.25) is 0 Å². The van der Waals surface area contributed by atoms with E-state index in [0.717, 1.165) is 44.3 Å². The average Bonchev–Trinajstić information content (AvgIpc) is 1.79. The largest absolute Gasteiger partial charge is 0.509 e. The van der Waals surface area contributed by atoms with Gasteiger partial charge in [-0.05, 0) is 75.8 Å². The van der Waals surface area contributed by atoms with Crippen LogP contribution >= 0.6 is 0 Å². The summed E-state index contributed by atoms with van der Waals surface area (Å²) in [7, 11) is 0. The van der Waals surface area contributed by atoms with Crippen LogP contribution in [0.4, 0.5) is 22.7 Å². The Labute approximate surface area is 419 Å². The van der Waals surface area contributed by atoms with Crippen LogP contribution in [-0.4, -0.2) is 16.2 Å². The van der Waals surface area contributed by atoms with Gasteiger partial charge in [-0.3, -0.25) is 4.48 Å². The molecule has 0 spiro atoms. The summed E-state index contributed by atoms with van der Waals surface area (Å²) in [6.07, 6.45) is 1.82. The first kappa shape index (κ1) is 29.6. The topological polar surface area (TPSA) is 27.1 Å². The Morgan fingerprint density at radius 3 is 2.06 bits per heavy atom. The number of rotatable bonds is 8. The molecule has 5 nitrogen and oxygen atoms in total. The maximum Gasteiger partial charge on any atom is 0.184 e. The van der Waals surface area contributed by atoms with Crippen LogP contribution in [0.15, 0.2) is 194 Å². The van der Waals surface area contributed by atoms with Crippen LogP contribution < -0.4 is 13.7 Å². The van der Waals surface area contributed by atoms with E-state index in [1.54, 1.807) is 30.3 Å². The smallest absolute Gasteiger partial charge is 0.184 e. The van der Waals surface area contributed by atoms with Crippen molar-refractivity contribution in [3.05, 3.63) is 224 Å². The van der Waals surface area contributed by atoms with Crippen LogP contribution in [0.25, 0.3) is 61.0 Å². The Kier molecular flexibility index (Phi) is 7.14. The van der Waals surface area contributed by atoms with Gasteiger partial charge in [-0.1, -0.05) is 153 Å². The molecule has 2 bridgehead atoms. The number of ether oxygens (including phenoxy) is 1. The molecule has 324 valence electrons. The second kappa shape index (κ2) is 15.9. The molecule has 13 rings (SSSR count). The van der Waals surface area contributed by atoms with Gasteiger partial charge in [0.05, 0.1) is 20.4 Å². The summed E-state index contributed by atoms with van der Waals surface area (Å²) in [5, 5.41) is 1.94. The van der Waals surface area contributed by atoms with E-state index in [-0.39, 0.29) is 76.8 Å². The van der Waals surface area contributed by atoms with Crippen molar-refractivity contribution in [1.29, 1.82) is 0 Å². The summed E-state index contributed by atoms with van der Waals surface area (Å²) >= 11 is 0. The molecule has 66 heavy (non-hydrogen) atoms. The van der Waals surface area contributed by atoms with E-state index in [1.165, 1.54) is 12.1 Å². The van der Waals surface area contributed by atoms with E-state index >= 15 is 0 Å². The number of pyridine rings is 1. The maximum absolute atomic E-state index is 9.18. The van der Waals surface area contributed by atoms with E-state index < -0.39 is 71.8 Å². The zero-order valence-electron chi connectivity index (χ0n) is 49.0. The molecule has 3 aliphatic rings. The normalized spacial score (nSPS) is 20.3. The fourth-order valence-corrected chi connectivity index (χ4v) is 9.75. The molecule has 2 aromatic heterocycles. The molecule has 10 aromatic rings. The number of para-hydroxylation sites is 2. The molecule has 5 heterocycles. The zero-order chi connectivity index (χ0) is 55.1. The first-order chi connectivity index (χ1) is 37.1. The van der Waals surface area contributed by atoms with Gasteiger partial charge in [0.15, 0.2) is 18.0 Å². The number of hydrogen-bond donors (Lipinski definition) is 0. The van der Waals surface area contributed by atoms with Crippen LogP contribution in [0.5, 0.6) is 11.5 Å². The molecule has 0 aliphatic carbocycles. The first-order valence-corrected chi connectivity index (χ1v) is 21.3. The van der Waals surface area contributed by atoms with Crippen molar-refractivity contribution >= 4 is 44.6 Å². The number of hydrogen-bond acceptors (Lipinski definition) is 2. The van der Waals surface area contributed by atoms with Crippen molar-refractivity contribution in [3.8, 4) is 50.7 Å². The minimum atomic E-state index is -2.71. The molecular weight excluding hydrogens is 988 g/mol. The van der Waals surface area contributed by atoms with Gasteiger partial charge in [-0.2, -0.15) is 12.1 Å². The third-order valence-electron chi connectivity index (χ3n) is 12.7. The Balaban J connectivity index is 0.00000660. The second-order valence-electron chi connectivity index (χ2n) is 17.5. The van der Waals surface area contributed by atoms with Gasteiger partial charge in [-0.25, -0.2) is 4.98 Å². The molecule has 3 aliphatic heterocycles. The quantitative estimate of drug-likeness (QED) is 0.112. The van der Waals surface area contributed by atoms with Gasteiger partial charge in [0, 0.05) is 76.8 Å². The molecule has 2 atom stereocenters. The van der Waals surface area contributed by atoms with E-state index in [2.05, 4.69) is 73.9 Å². The molecule has 6 heteroatoms. The first-order valence-electron chi connectivity index (χ1n) is 27.8. The number of aromatic nitrogens is 2. The van der Waals surface area contributed by atoms with Crippen LogP contribution in [0.1, 0.15) is 49.7 Å². The standard InChI is InChI=1S/C60H47N4O.Pt/c1-41-17-14-28-56-58(41)64(59-50(43-20-10-6-11-21-43)26-16-27-51(59)44-22-12-7-13-23-44)39-63(56,40-64)47-24-15-25-48(37-47)65-49-30-31-52-53-35-45(42-18-8-5-9-19-42)29-32-54(53)62(55(52)38-49)57-36-46(33-34-61-57)60(2,3)4;/h5-36,39H,40H2,1-4H3;/q-1;/t63-,64-;/m1./s1/i1D3,6D,7D,10D,11D,12D,13D,20D,21D,22D,23D;. The fraction of sp³-hybridized carbons (Fsp3) is 0.100. The predicted molar refractivity (Wildman–Crippen MR) is 267 cm³/mol. The van der Waals surface area contributed by atoms with Crippen molar-refractivity contribution in [2.45, 2.75) is 33.0 Å². The molecular formula is C60H47N4OPt-. The van der Waals surface area contributed by atoms with Crippen molar-refractivity contribution in [1.82, 2.24) is 18.5 Å². The van der Waals surface area contributed by atoms with Crippen LogP contribution in [0.3, 0.4) is 0 Å². The maximum atomic E-state index is 9.18. The third-order valence-corrected chi connectivity index (χ3v) is 12.7. The third kappa shape index (κ3) is 6.60. The summed E-state index contributed by atoms with van der Waals surface area (Å²) in [6, 6.07) is 40.8. The summed E-state index contributed by atoms with van der Waals surface area (Å²) < 4.78 is 123. The van der Waals surface area contributed by atoms with Gasteiger partial charge >= 0.3 is 0 Å². The molecule has 0 unspecified atom stereocenters. The molecule has 1 saturated heterocycles. The van der Waals surface area contributed by atoms with Crippen molar-refractivity contribution in [2.24, 2.45) is 0 Å². The Morgan fingerprint density at radius 1 is 0.652 bits per heavy atom. The number of nitrogens with zero attached hydrogens (tertiary/aromatic N) is 4. The fourth-order valence-electron chi connectivity index (χ4n) is 9.75. The molecule has 0 radical (unpaired) electrons. The molecule has 0 saturated carbocycles. The van der Waals surface area contributed by atoms with Crippen molar-refractivity contribution in [3.63, 3.8) is 0 Å². The second-order valence-corrected chi connectivity index (χ2v) is 17.5. The molecule has 1 fully saturated rings. The van der Waals surface area contributed by atoms with Crippen LogP contribution in [0.2, 0.25) is 0 Å². The van der Waals surface area contributed by atoms with Gasteiger partial charge in [-0.15, -0.1) is 29.7 Å². The van der Waals surface area contributed by atoms with Crippen molar-refractivity contribution in [2.75, 3.05) is 6.67 Å². The number of aryl methyl sites for hydroxylation is 1. The number of fused-ring (bicyclic) bond motifs is 3. The predicted octanol–water partition coefficient (Wildman–Crippen LogP) is 15.6. The van der Waals surface area contributed by atoms with Gasteiger partial charge in [0.25, 0.3) is 0 Å². The van der Waals surface area contributed by atoms with E-state index in [9.17, 15) is 5.48 Å². The Morgan fingerprint density at radius 2 is 1.35 bits per heavy atom. The number of benzene rings is 8. The van der Waals surface area contributed by atoms with Crippen LogP contribution in [0, 0.1) is 25.7 Å². The summed E-state index contributed by atoms with van der Waals surface area (Å²) in [6.45, 7) is 5.62. The monoisotopic (exact) mass is 1050 g/mol. The van der Waals surface area contributed by atoms with Gasteiger partial charge in [0.1, 0.15) is 11.5 Å². The Bertz CT molecular complexity index is 4040. The molecule has 8 aromatic carbocycles. The molecule has 0 N–H and O–H groups in total. The van der Waals surface area contributed by atoms with E-state index in [1.807, 2.05) is 61.4 Å². The summed E-state index contributed by atoms with van der Waals surface area (Å²) in [5.41, 5.74) is 5.98. The average molecular weight is 1050 g/mol. The van der Waals surface area contributed by atoms with E-state index in [0.29, 0.717) is 22.9 Å². The zero-order valence-corrected chi connectivity index (χ0v) is 38.3. The SMILES string of the molecule is [2H]c1c([2H])c([2H])c(-c2cccc(-c3c([2H])c([2H])c([2H])c([2H])c3[2H])c2[N@+]23[CH-][N@+](c4[c-]c(Oc5[c-]c6c(cc5)c5cc(-c7ccccc7)ccc5n6-c5cc(C(C)(C)C)ccn5)ccc4)(C2)c2cccc(C([2H])([2H])[2H])c23)c([2H])c1[2H].[Pt]. The Hall–Kier alpha value is -6.88. The molecule has 0 amide bonds. The minimum absolute atomic E-state index is 0. The van der Waals surface area contributed by atoms with Gasteiger partial charge < -0.3 is 13.8 Å². The summed E-state index contributed by atoms with van der Waals surface area (Å²) in [4.78, 5) is 4.88.